The fraction of sp³-hybridized carbons (Fsp3) is 0.600. The van der Waals surface area contributed by atoms with Crippen molar-refractivity contribution in [2.24, 2.45) is 0 Å². The molecule has 0 bridgehead atoms. The molecule has 0 spiro atoms. The Morgan fingerprint density at radius 1 is 1.43 bits per heavy atom. The molecule has 0 amide bonds. The van der Waals surface area contributed by atoms with Gasteiger partial charge in [-0.05, 0) is 12.1 Å². The Kier molecular flexibility index (Phi) is 3.18. The molecule has 1 aliphatic rings. The molecule has 2 heterocycles. The van der Waals surface area contributed by atoms with E-state index in [9.17, 15) is 5.11 Å². The molecule has 1 atom stereocenters. The van der Waals surface area contributed by atoms with Gasteiger partial charge in [0.05, 0.1) is 12.6 Å². The molecule has 1 saturated heterocycles. The number of piperazine rings is 1. The molecule has 4 nitrogen and oxygen atoms in total. The minimum Gasteiger partial charge on any atom is -0.394 e. The molecule has 1 unspecified atom stereocenters. The van der Waals surface area contributed by atoms with Gasteiger partial charge in [0.1, 0.15) is 0 Å². The van der Waals surface area contributed by atoms with E-state index >= 15 is 0 Å². The normalized spacial score (nSPS) is 20.9. The molecular formula is C10H17N3O. The van der Waals surface area contributed by atoms with Gasteiger partial charge in [0.25, 0.3) is 0 Å². The molecule has 3 N–H and O–H groups in total. The van der Waals surface area contributed by atoms with Gasteiger partial charge in [0.2, 0.25) is 0 Å². The summed E-state index contributed by atoms with van der Waals surface area (Å²) < 4.78 is 0. The molecule has 0 radical (unpaired) electrons. The number of aliphatic hydroxyl groups is 1. The van der Waals surface area contributed by atoms with Crippen molar-refractivity contribution in [3.05, 3.63) is 24.0 Å². The third-order valence-electron chi connectivity index (χ3n) is 2.75. The average molecular weight is 195 g/mol. The van der Waals surface area contributed by atoms with Crippen molar-refractivity contribution in [2.45, 2.75) is 6.04 Å². The van der Waals surface area contributed by atoms with E-state index in [0.29, 0.717) is 0 Å². The van der Waals surface area contributed by atoms with Crippen molar-refractivity contribution in [1.82, 2.24) is 15.2 Å². The monoisotopic (exact) mass is 195 g/mol. The van der Waals surface area contributed by atoms with E-state index in [-0.39, 0.29) is 12.6 Å². The fourth-order valence-corrected chi connectivity index (χ4v) is 1.96. The van der Waals surface area contributed by atoms with Crippen molar-refractivity contribution < 1.29 is 5.11 Å². The molecule has 14 heavy (non-hydrogen) atoms. The van der Waals surface area contributed by atoms with Gasteiger partial charge in [-0.1, -0.05) is 0 Å². The Morgan fingerprint density at radius 3 is 2.79 bits per heavy atom. The van der Waals surface area contributed by atoms with Crippen LogP contribution >= 0.6 is 0 Å². The summed E-state index contributed by atoms with van der Waals surface area (Å²) in [6.07, 6.45) is 1.90. The van der Waals surface area contributed by atoms with Crippen molar-refractivity contribution in [2.75, 3.05) is 32.8 Å². The smallest absolute Gasteiger partial charge is 0.0733 e. The highest BCUT2D eigenvalue weighted by atomic mass is 16.3. The second-order valence-electron chi connectivity index (χ2n) is 3.61. The summed E-state index contributed by atoms with van der Waals surface area (Å²) in [6, 6.07) is 4.13. The van der Waals surface area contributed by atoms with E-state index in [1.54, 1.807) is 0 Å². The summed E-state index contributed by atoms with van der Waals surface area (Å²) in [5, 5.41) is 12.7. The fourth-order valence-electron chi connectivity index (χ4n) is 1.96. The van der Waals surface area contributed by atoms with E-state index < -0.39 is 0 Å². The number of aromatic amines is 1. The molecule has 0 saturated carbocycles. The lowest BCUT2D eigenvalue weighted by atomic mass is 10.1. The summed E-state index contributed by atoms with van der Waals surface area (Å²) in [7, 11) is 0. The maximum absolute atomic E-state index is 9.37. The number of hydrogen-bond donors (Lipinski definition) is 3. The lowest BCUT2D eigenvalue weighted by molar-refractivity contribution is 0.108. The lowest BCUT2D eigenvalue weighted by Gasteiger charge is -2.33. The second kappa shape index (κ2) is 4.59. The highest BCUT2D eigenvalue weighted by Gasteiger charge is 2.21. The molecule has 0 aliphatic carbocycles. The maximum Gasteiger partial charge on any atom is 0.0733 e. The van der Waals surface area contributed by atoms with Crippen LogP contribution in [0.2, 0.25) is 0 Å². The van der Waals surface area contributed by atoms with Gasteiger partial charge in [-0.25, -0.2) is 0 Å². The standard InChI is InChI=1S/C10H17N3O/c14-8-10(9-2-1-3-12-9)13-6-4-11-5-7-13/h1-3,10-12,14H,4-8H2. The first-order chi connectivity index (χ1) is 6.92. The third-order valence-corrected chi connectivity index (χ3v) is 2.75. The van der Waals surface area contributed by atoms with Gasteiger partial charge in [-0.15, -0.1) is 0 Å². The number of hydrogen-bond acceptors (Lipinski definition) is 3. The number of nitrogens with zero attached hydrogens (tertiary/aromatic N) is 1. The summed E-state index contributed by atoms with van der Waals surface area (Å²) >= 11 is 0. The maximum atomic E-state index is 9.37. The number of aromatic nitrogens is 1. The van der Waals surface area contributed by atoms with Crippen LogP contribution in [0.1, 0.15) is 11.7 Å². The van der Waals surface area contributed by atoms with E-state index in [1.807, 2.05) is 18.3 Å². The van der Waals surface area contributed by atoms with Crippen LogP contribution in [0.3, 0.4) is 0 Å². The zero-order valence-corrected chi connectivity index (χ0v) is 8.24. The van der Waals surface area contributed by atoms with E-state index in [4.69, 9.17) is 0 Å². The SMILES string of the molecule is OCC(c1ccc[nH]1)N1CCNCC1. The highest BCUT2D eigenvalue weighted by molar-refractivity contribution is 5.09. The van der Waals surface area contributed by atoms with Crippen molar-refractivity contribution in [1.29, 1.82) is 0 Å². The van der Waals surface area contributed by atoms with Crippen LogP contribution in [0.5, 0.6) is 0 Å². The van der Waals surface area contributed by atoms with Crippen LogP contribution in [0.4, 0.5) is 0 Å². The third kappa shape index (κ3) is 1.97. The summed E-state index contributed by atoms with van der Waals surface area (Å²) in [5.74, 6) is 0. The minimum atomic E-state index is 0.132. The van der Waals surface area contributed by atoms with Gasteiger partial charge in [-0.2, -0.15) is 0 Å². The lowest BCUT2D eigenvalue weighted by Crippen LogP contribution is -2.46. The quantitative estimate of drug-likeness (QED) is 0.634. The van der Waals surface area contributed by atoms with E-state index in [2.05, 4.69) is 15.2 Å². The Bertz CT molecular complexity index is 254. The number of nitrogens with one attached hydrogen (secondary N) is 2. The Hall–Kier alpha value is -0.840. The predicted octanol–water partition coefficient (Wildman–Crippen LogP) is -0.0467. The van der Waals surface area contributed by atoms with Crippen molar-refractivity contribution in [3.8, 4) is 0 Å². The highest BCUT2D eigenvalue weighted by Crippen LogP contribution is 2.18. The zero-order valence-electron chi connectivity index (χ0n) is 8.24. The summed E-state index contributed by atoms with van der Waals surface area (Å²) in [4.78, 5) is 5.47. The van der Waals surface area contributed by atoms with Gasteiger partial charge >= 0.3 is 0 Å². The molecule has 78 valence electrons. The van der Waals surface area contributed by atoms with E-state index in [1.165, 1.54) is 0 Å². The van der Waals surface area contributed by atoms with Crippen LogP contribution in [0, 0.1) is 0 Å². The topological polar surface area (TPSA) is 51.3 Å². The van der Waals surface area contributed by atoms with Crippen LogP contribution in [0.25, 0.3) is 0 Å². The molecule has 2 rings (SSSR count). The molecule has 1 aromatic heterocycles. The molecule has 1 fully saturated rings. The number of rotatable bonds is 3. The molecule has 0 aromatic carbocycles. The van der Waals surface area contributed by atoms with Crippen LogP contribution in [-0.2, 0) is 0 Å². The van der Waals surface area contributed by atoms with Gasteiger partial charge in [-0.3, -0.25) is 4.90 Å². The van der Waals surface area contributed by atoms with Gasteiger partial charge in [0, 0.05) is 38.1 Å². The summed E-state index contributed by atoms with van der Waals surface area (Å²) in [5.41, 5.74) is 1.11. The van der Waals surface area contributed by atoms with E-state index in [0.717, 1.165) is 31.9 Å². The first-order valence-corrected chi connectivity index (χ1v) is 5.10. The molecule has 1 aromatic rings. The molecule has 1 aliphatic heterocycles. The predicted molar refractivity (Wildman–Crippen MR) is 55.1 cm³/mol. The Morgan fingerprint density at radius 2 is 2.21 bits per heavy atom. The zero-order chi connectivity index (χ0) is 9.80. The van der Waals surface area contributed by atoms with Crippen LogP contribution in [0.15, 0.2) is 18.3 Å². The van der Waals surface area contributed by atoms with Gasteiger partial charge in [0.15, 0.2) is 0 Å². The number of H-pyrrole nitrogens is 1. The van der Waals surface area contributed by atoms with Crippen LogP contribution in [-0.4, -0.2) is 47.8 Å². The molecule has 4 heteroatoms. The number of aliphatic hydroxyl groups excluding tert-OH is 1. The first kappa shape index (κ1) is 9.71. The summed E-state index contributed by atoms with van der Waals surface area (Å²) in [6.45, 7) is 4.21. The Balaban J connectivity index is 2.04. The van der Waals surface area contributed by atoms with Gasteiger partial charge < -0.3 is 15.4 Å². The molecular weight excluding hydrogens is 178 g/mol. The minimum absolute atomic E-state index is 0.132. The first-order valence-electron chi connectivity index (χ1n) is 5.10. The Labute approximate surface area is 83.9 Å². The second-order valence-corrected chi connectivity index (χ2v) is 3.61. The van der Waals surface area contributed by atoms with Crippen molar-refractivity contribution in [3.63, 3.8) is 0 Å². The van der Waals surface area contributed by atoms with Crippen LogP contribution < -0.4 is 5.32 Å². The average Bonchev–Trinajstić information content (AvgIpc) is 2.74. The van der Waals surface area contributed by atoms with Crippen molar-refractivity contribution >= 4 is 0 Å². The largest absolute Gasteiger partial charge is 0.394 e.